The quantitative estimate of drug-likeness (QED) is 0.362. The molecule has 37 heavy (non-hydrogen) atoms. The van der Waals surface area contributed by atoms with Gasteiger partial charge in [0.1, 0.15) is 6.54 Å². The van der Waals surface area contributed by atoms with Crippen LogP contribution in [-0.4, -0.2) is 58.9 Å². The lowest BCUT2D eigenvalue weighted by Crippen LogP contribution is -2.42. The second kappa shape index (κ2) is 10.6. The molecule has 190 valence electrons. The summed E-state index contributed by atoms with van der Waals surface area (Å²) in [5.41, 5.74) is 5.89. The van der Waals surface area contributed by atoms with Crippen LogP contribution in [0.4, 0.5) is 0 Å². The third-order valence-corrected chi connectivity index (χ3v) is 7.48. The Morgan fingerprint density at radius 1 is 0.919 bits per heavy atom. The van der Waals surface area contributed by atoms with Crippen LogP contribution in [0.15, 0.2) is 78.9 Å². The molecule has 6 heteroatoms. The van der Waals surface area contributed by atoms with E-state index in [9.17, 15) is 9.59 Å². The molecule has 0 spiro atoms. The molecule has 0 bridgehead atoms. The number of hydrogen-bond donors (Lipinski definition) is 1. The zero-order valence-electron chi connectivity index (χ0n) is 21.8. The second-order valence-corrected chi connectivity index (χ2v) is 9.50. The molecule has 0 fully saturated rings. The summed E-state index contributed by atoms with van der Waals surface area (Å²) < 4.78 is 2.20. The Morgan fingerprint density at radius 3 is 2.35 bits per heavy atom. The summed E-state index contributed by atoms with van der Waals surface area (Å²) in [5, 5.41) is 4.13. The number of nitrogens with one attached hydrogen (secondary N) is 1. The van der Waals surface area contributed by atoms with Crippen molar-refractivity contribution < 1.29 is 9.59 Å². The van der Waals surface area contributed by atoms with Gasteiger partial charge in [-0.3, -0.25) is 9.59 Å². The van der Waals surface area contributed by atoms with Crippen molar-refractivity contribution in [2.24, 2.45) is 7.05 Å². The number of amides is 2. The monoisotopic (exact) mass is 494 g/mol. The number of rotatable bonds is 9. The van der Waals surface area contributed by atoms with Crippen LogP contribution >= 0.6 is 0 Å². The fraction of sp³-hybridized carbons (Fsp3) is 0.290. The van der Waals surface area contributed by atoms with Gasteiger partial charge in [-0.2, -0.15) is 0 Å². The maximum atomic E-state index is 13.7. The van der Waals surface area contributed by atoms with Crippen LogP contribution in [0, 0.1) is 0 Å². The highest BCUT2D eigenvalue weighted by molar-refractivity contribution is 6.03. The molecule has 4 aromatic rings. The molecule has 5 rings (SSSR count). The van der Waals surface area contributed by atoms with Crippen LogP contribution in [0.5, 0.6) is 0 Å². The Kier molecular flexibility index (Phi) is 7.10. The van der Waals surface area contributed by atoms with Crippen LogP contribution in [-0.2, 0) is 11.8 Å². The van der Waals surface area contributed by atoms with Gasteiger partial charge in [-0.15, -0.1) is 0 Å². The van der Waals surface area contributed by atoms with Gasteiger partial charge in [0.15, 0.2) is 0 Å². The normalized spacial score (nSPS) is 15.0. The summed E-state index contributed by atoms with van der Waals surface area (Å²) in [5.74, 6) is -0.244. The molecular weight excluding hydrogens is 460 g/mol. The lowest BCUT2D eigenvalue weighted by molar-refractivity contribution is -0.122. The van der Waals surface area contributed by atoms with E-state index in [4.69, 9.17) is 0 Å². The Labute approximate surface area is 218 Å². The average molecular weight is 495 g/mol. The Morgan fingerprint density at radius 2 is 1.59 bits per heavy atom. The minimum Gasteiger partial charge on any atom is -0.353 e. The molecule has 6 nitrogen and oxygen atoms in total. The third-order valence-electron chi connectivity index (χ3n) is 7.48. The summed E-state index contributed by atoms with van der Waals surface area (Å²) in [6, 6.07) is 26.0. The average Bonchev–Trinajstić information content (AvgIpc) is 3.37. The van der Waals surface area contributed by atoms with Crippen molar-refractivity contribution in [1.29, 1.82) is 0 Å². The van der Waals surface area contributed by atoms with Crippen molar-refractivity contribution in [3.63, 3.8) is 0 Å². The molecule has 1 aliphatic rings. The number of likely N-dealkylation sites (N-methyl/N-ethyl adjacent to an activating group) is 1. The number of benzene rings is 3. The first-order valence-electron chi connectivity index (χ1n) is 13.1. The molecule has 0 aliphatic carbocycles. The molecular formula is C31H34N4O2. The van der Waals surface area contributed by atoms with E-state index < -0.39 is 0 Å². The SMILES string of the molecule is CCN(CC)CCNC(=O)CN1C(=O)c2ccccc2C1c1c(-c2ccccc2)n(C)c2ccccc12. The summed E-state index contributed by atoms with van der Waals surface area (Å²) in [7, 11) is 2.07. The first kappa shape index (κ1) is 24.8. The first-order valence-corrected chi connectivity index (χ1v) is 13.1. The maximum Gasteiger partial charge on any atom is 0.255 e. The Balaban J connectivity index is 1.58. The molecule has 1 aromatic heterocycles. The van der Waals surface area contributed by atoms with Crippen molar-refractivity contribution in [3.8, 4) is 11.3 Å². The summed E-state index contributed by atoms with van der Waals surface area (Å²) in [6.07, 6.45) is 0. The predicted octanol–water partition coefficient (Wildman–Crippen LogP) is 4.85. The van der Waals surface area contributed by atoms with Gasteiger partial charge < -0.3 is 19.7 Å². The molecule has 1 atom stereocenters. The molecule has 1 unspecified atom stereocenters. The summed E-state index contributed by atoms with van der Waals surface area (Å²) in [4.78, 5) is 30.8. The lowest BCUT2D eigenvalue weighted by Gasteiger charge is -2.27. The van der Waals surface area contributed by atoms with Crippen molar-refractivity contribution in [2.45, 2.75) is 19.9 Å². The zero-order chi connectivity index (χ0) is 25.9. The predicted molar refractivity (Wildman–Crippen MR) is 148 cm³/mol. The minimum absolute atomic E-state index is 0.00782. The second-order valence-electron chi connectivity index (χ2n) is 9.50. The summed E-state index contributed by atoms with van der Waals surface area (Å²) in [6.45, 7) is 7.47. The number of carbonyl (C=O) groups excluding carboxylic acids is 2. The van der Waals surface area contributed by atoms with Crippen LogP contribution in [0.25, 0.3) is 22.2 Å². The molecule has 0 saturated heterocycles. The van der Waals surface area contributed by atoms with E-state index in [2.05, 4.69) is 59.9 Å². The largest absolute Gasteiger partial charge is 0.353 e. The van der Waals surface area contributed by atoms with Gasteiger partial charge in [0.05, 0.1) is 11.7 Å². The highest BCUT2D eigenvalue weighted by Gasteiger charge is 2.41. The van der Waals surface area contributed by atoms with Gasteiger partial charge in [-0.05, 0) is 36.3 Å². The molecule has 0 radical (unpaired) electrons. The number of nitrogens with zero attached hydrogens (tertiary/aromatic N) is 3. The van der Waals surface area contributed by atoms with E-state index >= 15 is 0 Å². The zero-order valence-corrected chi connectivity index (χ0v) is 21.8. The van der Waals surface area contributed by atoms with Crippen molar-refractivity contribution in [3.05, 3.63) is 95.6 Å². The molecule has 3 aromatic carbocycles. The van der Waals surface area contributed by atoms with E-state index in [1.165, 1.54) is 0 Å². The third kappa shape index (κ3) is 4.53. The van der Waals surface area contributed by atoms with Crippen molar-refractivity contribution >= 4 is 22.7 Å². The van der Waals surface area contributed by atoms with Crippen LogP contribution in [0.2, 0.25) is 0 Å². The van der Waals surface area contributed by atoms with E-state index in [-0.39, 0.29) is 24.4 Å². The van der Waals surface area contributed by atoms with Gasteiger partial charge in [-0.1, -0.05) is 80.6 Å². The van der Waals surface area contributed by atoms with Gasteiger partial charge in [0.2, 0.25) is 5.91 Å². The fourth-order valence-electron chi connectivity index (χ4n) is 5.59. The number of carbonyl (C=O) groups is 2. The molecule has 1 N–H and O–H groups in total. The molecule has 2 heterocycles. The number of para-hydroxylation sites is 1. The number of aryl methyl sites for hydroxylation is 1. The van der Waals surface area contributed by atoms with Crippen LogP contribution in [0.1, 0.15) is 41.4 Å². The van der Waals surface area contributed by atoms with Crippen molar-refractivity contribution in [1.82, 2.24) is 19.7 Å². The number of fused-ring (bicyclic) bond motifs is 2. The van der Waals surface area contributed by atoms with Gasteiger partial charge >= 0.3 is 0 Å². The first-order chi connectivity index (χ1) is 18.0. The van der Waals surface area contributed by atoms with E-state index in [1.54, 1.807) is 4.90 Å². The standard InChI is InChI=1S/C31H34N4O2/c1-4-34(5-2)20-19-32-27(36)21-35-30(23-15-9-10-16-24(23)31(35)37)28-25-17-11-12-18-26(25)33(3)29(28)22-13-7-6-8-14-22/h6-18,30H,4-5,19-21H2,1-3H3,(H,32,36). The van der Waals surface area contributed by atoms with Crippen molar-refractivity contribution in [2.75, 3.05) is 32.7 Å². The highest BCUT2D eigenvalue weighted by atomic mass is 16.2. The fourth-order valence-corrected chi connectivity index (χ4v) is 5.59. The molecule has 2 amide bonds. The summed E-state index contributed by atoms with van der Waals surface area (Å²) >= 11 is 0. The highest BCUT2D eigenvalue weighted by Crippen LogP contribution is 2.46. The number of hydrogen-bond acceptors (Lipinski definition) is 3. The smallest absolute Gasteiger partial charge is 0.255 e. The van der Waals surface area contributed by atoms with Gasteiger partial charge in [-0.25, -0.2) is 0 Å². The van der Waals surface area contributed by atoms with Crippen LogP contribution < -0.4 is 5.32 Å². The maximum absolute atomic E-state index is 13.7. The molecule has 1 aliphatic heterocycles. The molecule has 0 saturated carbocycles. The van der Waals surface area contributed by atoms with E-state index in [0.29, 0.717) is 12.1 Å². The van der Waals surface area contributed by atoms with E-state index in [1.807, 2.05) is 54.6 Å². The lowest BCUT2D eigenvalue weighted by atomic mass is 9.93. The minimum atomic E-state index is -0.362. The topological polar surface area (TPSA) is 57.6 Å². The van der Waals surface area contributed by atoms with Crippen LogP contribution in [0.3, 0.4) is 0 Å². The van der Waals surface area contributed by atoms with E-state index in [0.717, 1.165) is 52.9 Å². The van der Waals surface area contributed by atoms with Gasteiger partial charge in [0.25, 0.3) is 5.91 Å². The Bertz CT molecular complexity index is 1420. The number of aromatic nitrogens is 1. The Hall–Kier alpha value is -3.90. The van der Waals surface area contributed by atoms with Gasteiger partial charge in [0, 0.05) is 42.2 Å².